The van der Waals surface area contributed by atoms with Crippen molar-refractivity contribution in [2.75, 3.05) is 4.43 Å². The van der Waals surface area contributed by atoms with E-state index in [1.54, 1.807) is 0 Å². The zero-order valence-corrected chi connectivity index (χ0v) is 13.4. The number of halogens is 1. The second kappa shape index (κ2) is 5.71. The standard InChI is InChI=1S/C12H15IN4O3/c1-7-8(2)12(6-13,15-16-14)20-11(7)17-4-3-9(18)5-10(17)19/h3-4,7-8,11H,5-6H2,1-2H3/t7-,8-,11+,12+/m0/s1. The van der Waals surface area contributed by atoms with Crippen LogP contribution in [0.5, 0.6) is 0 Å². The van der Waals surface area contributed by atoms with E-state index in [2.05, 4.69) is 32.6 Å². The van der Waals surface area contributed by atoms with Crippen LogP contribution in [0.1, 0.15) is 20.3 Å². The number of hydrogen-bond donors (Lipinski definition) is 0. The first-order valence-electron chi connectivity index (χ1n) is 6.27. The second-order valence-electron chi connectivity index (χ2n) is 5.08. The summed E-state index contributed by atoms with van der Waals surface area (Å²) in [6.07, 6.45) is 2.18. The van der Waals surface area contributed by atoms with Gasteiger partial charge in [-0.3, -0.25) is 14.5 Å². The number of azide groups is 1. The lowest BCUT2D eigenvalue weighted by Gasteiger charge is -2.30. The van der Waals surface area contributed by atoms with Crippen LogP contribution in [0, 0.1) is 11.8 Å². The zero-order chi connectivity index (χ0) is 14.9. The van der Waals surface area contributed by atoms with Gasteiger partial charge in [0.25, 0.3) is 0 Å². The van der Waals surface area contributed by atoms with Crippen LogP contribution in [0.15, 0.2) is 17.4 Å². The number of allylic oxidation sites excluding steroid dienone is 1. The molecule has 0 bridgehead atoms. The minimum Gasteiger partial charge on any atom is -0.344 e. The van der Waals surface area contributed by atoms with Gasteiger partial charge in [-0.15, -0.1) is 0 Å². The van der Waals surface area contributed by atoms with E-state index in [4.69, 9.17) is 10.3 Å². The minimum atomic E-state index is -0.949. The first-order valence-corrected chi connectivity index (χ1v) is 7.80. The van der Waals surface area contributed by atoms with Gasteiger partial charge >= 0.3 is 0 Å². The van der Waals surface area contributed by atoms with E-state index in [1.807, 2.05) is 13.8 Å². The Morgan fingerprint density at radius 2 is 2.30 bits per heavy atom. The van der Waals surface area contributed by atoms with Crippen LogP contribution in [0.3, 0.4) is 0 Å². The number of amides is 1. The van der Waals surface area contributed by atoms with Crippen LogP contribution in [-0.2, 0) is 14.3 Å². The zero-order valence-electron chi connectivity index (χ0n) is 11.2. The molecule has 4 atom stereocenters. The first-order chi connectivity index (χ1) is 9.45. The molecule has 0 radical (unpaired) electrons. The molecule has 1 saturated heterocycles. The maximum Gasteiger partial charge on any atom is 0.236 e. The Hall–Kier alpha value is -1.12. The molecule has 0 aliphatic carbocycles. The molecule has 108 valence electrons. The van der Waals surface area contributed by atoms with Gasteiger partial charge in [0.1, 0.15) is 6.23 Å². The van der Waals surface area contributed by atoms with Gasteiger partial charge in [-0.1, -0.05) is 41.6 Å². The number of ketones is 1. The van der Waals surface area contributed by atoms with Crippen molar-refractivity contribution in [3.63, 3.8) is 0 Å². The Labute approximate surface area is 130 Å². The number of rotatable bonds is 3. The summed E-state index contributed by atoms with van der Waals surface area (Å²) in [6.45, 7) is 3.90. The highest BCUT2D eigenvalue weighted by atomic mass is 127. The highest BCUT2D eigenvalue weighted by Gasteiger charge is 2.52. The summed E-state index contributed by atoms with van der Waals surface area (Å²) >= 11 is 2.11. The van der Waals surface area contributed by atoms with Gasteiger partial charge in [-0.05, 0) is 17.5 Å². The number of ether oxygens (including phenoxy) is 1. The predicted octanol–water partition coefficient (Wildman–Crippen LogP) is 2.37. The maximum absolute atomic E-state index is 12.0. The Kier molecular flexibility index (Phi) is 4.36. The van der Waals surface area contributed by atoms with Crippen molar-refractivity contribution >= 4 is 34.3 Å². The van der Waals surface area contributed by atoms with E-state index in [0.29, 0.717) is 4.43 Å². The molecule has 2 rings (SSSR count). The van der Waals surface area contributed by atoms with Crippen molar-refractivity contribution in [1.82, 2.24) is 4.90 Å². The average molecular weight is 390 g/mol. The normalized spacial score (nSPS) is 37.1. The molecule has 0 N–H and O–H groups in total. The third-order valence-electron chi connectivity index (χ3n) is 3.99. The fraction of sp³-hybridized carbons (Fsp3) is 0.667. The molecule has 0 aromatic rings. The van der Waals surface area contributed by atoms with Crippen LogP contribution in [0.4, 0.5) is 0 Å². The predicted molar refractivity (Wildman–Crippen MR) is 79.6 cm³/mol. The van der Waals surface area contributed by atoms with Gasteiger partial charge in [-0.25, -0.2) is 0 Å². The van der Waals surface area contributed by atoms with E-state index in [9.17, 15) is 9.59 Å². The number of hydrogen-bond acceptors (Lipinski definition) is 4. The lowest BCUT2D eigenvalue weighted by atomic mass is 9.89. The Balaban J connectivity index is 2.31. The van der Waals surface area contributed by atoms with Crippen LogP contribution in [-0.4, -0.2) is 33.0 Å². The van der Waals surface area contributed by atoms with E-state index in [1.165, 1.54) is 17.2 Å². The molecule has 0 aromatic carbocycles. The van der Waals surface area contributed by atoms with E-state index < -0.39 is 12.0 Å². The molecule has 7 nitrogen and oxygen atoms in total. The summed E-state index contributed by atoms with van der Waals surface area (Å²) in [7, 11) is 0. The van der Waals surface area contributed by atoms with Crippen molar-refractivity contribution < 1.29 is 14.3 Å². The summed E-state index contributed by atoms with van der Waals surface area (Å²) in [5.41, 5.74) is 7.80. The fourth-order valence-electron chi connectivity index (χ4n) is 2.53. The van der Waals surface area contributed by atoms with Crippen molar-refractivity contribution in [2.45, 2.75) is 32.2 Å². The summed E-state index contributed by atoms with van der Waals surface area (Å²) in [5.74, 6) is -0.525. The van der Waals surface area contributed by atoms with Crippen molar-refractivity contribution in [2.24, 2.45) is 17.0 Å². The molecule has 1 amide bonds. The van der Waals surface area contributed by atoms with Crippen molar-refractivity contribution in [3.8, 4) is 0 Å². The lowest BCUT2D eigenvalue weighted by Crippen LogP contribution is -2.43. The first kappa shape index (κ1) is 15.3. The fourth-order valence-corrected chi connectivity index (χ4v) is 3.56. The molecular formula is C12H15IN4O3. The molecule has 0 unspecified atom stereocenters. The van der Waals surface area contributed by atoms with Gasteiger partial charge in [0.05, 0.1) is 6.42 Å². The molecule has 2 aliphatic rings. The van der Waals surface area contributed by atoms with E-state index in [-0.39, 0.29) is 29.9 Å². The quantitative estimate of drug-likeness (QED) is 0.185. The number of nitrogens with zero attached hydrogens (tertiary/aromatic N) is 4. The van der Waals surface area contributed by atoms with Crippen molar-refractivity contribution in [3.05, 3.63) is 22.7 Å². The topological polar surface area (TPSA) is 95.4 Å². The maximum atomic E-state index is 12.0. The SMILES string of the molecule is C[C@@H]1[C@H](N2C=CC(=O)CC2=O)O[C@@](CI)(N=[N+]=[N-])[C@H]1C. The Morgan fingerprint density at radius 3 is 2.85 bits per heavy atom. The number of carbonyl (C=O) groups excluding carboxylic acids is 2. The van der Waals surface area contributed by atoms with Gasteiger partial charge in [0.2, 0.25) is 5.91 Å². The van der Waals surface area contributed by atoms with Crippen LogP contribution >= 0.6 is 22.6 Å². The molecule has 2 heterocycles. The number of carbonyl (C=O) groups is 2. The lowest BCUT2D eigenvalue weighted by molar-refractivity contribution is -0.149. The molecule has 20 heavy (non-hydrogen) atoms. The van der Waals surface area contributed by atoms with Crippen LogP contribution in [0.2, 0.25) is 0 Å². The van der Waals surface area contributed by atoms with E-state index >= 15 is 0 Å². The summed E-state index contributed by atoms with van der Waals surface area (Å²) < 4.78 is 6.42. The van der Waals surface area contributed by atoms with Crippen molar-refractivity contribution in [1.29, 1.82) is 0 Å². The molecule has 0 spiro atoms. The smallest absolute Gasteiger partial charge is 0.236 e. The molecule has 0 saturated carbocycles. The minimum absolute atomic E-state index is 0.00271. The van der Waals surface area contributed by atoms with Gasteiger partial charge < -0.3 is 4.74 Å². The molecule has 2 aliphatic heterocycles. The Morgan fingerprint density at radius 1 is 1.60 bits per heavy atom. The largest absolute Gasteiger partial charge is 0.344 e. The van der Waals surface area contributed by atoms with Gasteiger partial charge in [-0.2, -0.15) is 0 Å². The van der Waals surface area contributed by atoms with E-state index in [0.717, 1.165) is 0 Å². The highest BCUT2D eigenvalue weighted by Crippen LogP contribution is 2.44. The third-order valence-corrected chi connectivity index (χ3v) is 5.08. The highest BCUT2D eigenvalue weighted by molar-refractivity contribution is 14.1. The summed E-state index contributed by atoms with van der Waals surface area (Å²) in [4.78, 5) is 27.5. The monoisotopic (exact) mass is 390 g/mol. The van der Waals surface area contributed by atoms with Crippen LogP contribution < -0.4 is 0 Å². The molecule has 1 fully saturated rings. The Bertz CT molecular complexity index is 517. The molecule has 8 heteroatoms. The van der Waals surface area contributed by atoms with Gasteiger partial charge in [0, 0.05) is 21.5 Å². The summed E-state index contributed by atoms with van der Waals surface area (Å²) in [6, 6.07) is 0. The average Bonchev–Trinajstić information content (AvgIpc) is 2.65. The molecular weight excluding hydrogens is 375 g/mol. The third kappa shape index (κ3) is 2.43. The number of alkyl halides is 1. The van der Waals surface area contributed by atoms with Gasteiger partial charge in [0.15, 0.2) is 11.5 Å². The summed E-state index contributed by atoms with van der Waals surface area (Å²) in [5, 5.41) is 3.81. The van der Waals surface area contributed by atoms with Crippen LogP contribution in [0.25, 0.3) is 10.4 Å². The second-order valence-corrected chi connectivity index (χ2v) is 5.85. The molecule has 0 aromatic heterocycles.